The molecule has 0 spiro atoms. The van der Waals surface area contributed by atoms with Crippen LogP contribution in [-0.2, 0) is 10.8 Å². The van der Waals surface area contributed by atoms with Crippen molar-refractivity contribution in [2.75, 3.05) is 0 Å². The Kier molecular flexibility index (Phi) is 4.23. The highest BCUT2D eigenvalue weighted by atomic mass is 35.5. The van der Waals surface area contributed by atoms with Crippen molar-refractivity contribution in [3.05, 3.63) is 34.4 Å². The zero-order valence-corrected chi connectivity index (χ0v) is 15.2. The molecule has 1 aliphatic carbocycles. The van der Waals surface area contributed by atoms with Crippen molar-refractivity contribution in [2.45, 2.75) is 63.6 Å². The highest BCUT2D eigenvalue weighted by Gasteiger charge is 2.42. The van der Waals surface area contributed by atoms with E-state index in [1.165, 1.54) is 11.1 Å². The van der Waals surface area contributed by atoms with E-state index in [9.17, 15) is 4.79 Å². The molecule has 1 aromatic carbocycles. The topological polar surface area (TPSA) is 17.1 Å². The molecular formula is C18H24Cl2O. The van der Waals surface area contributed by atoms with Gasteiger partial charge in [-0.3, -0.25) is 4.79 Å². The summed E-state index contributed by atoms with van der Waals surface area (Å²) in [4.78, 5) is 11.2. The predicted octanol–water partition coefficient (Wildman–Crippen LogP) is 5.58. The average Bonchev–Trinajstić information content (AvgIpc) is 2.35. The van der Waals surface area contributed by atoms with Crippen molar-refractivity contribution in [3.8, 4) is 0 Å². The molecule has 1 nitrogen and oxygen atoms in total. The third kappa shape index (κ3) is 2.75. The second-order valence-corrected chi connectivity index (χ2v) is 8.68. The zero-order chi connectivity index (χ0) is 16.2. The average molecular weight is 327 g/mol. The number of Topliss-reactive ketones (excluding diaryl/α,β-unsaturated/α-hetero) is 1. The number of hydrogen-bond donors (Lipinski definition) is 0. The minimum absolute atomic E-state index is 0.0567. The molecule has 0 heterocycles. The fourth-order valence-electron chi connectivity index (χ4n) is 3.58. The Morgan fingerprint density at radius 2 is 1.76 bits per heavy atom. The number of carbonyl (C=O) groups is 1. The molecule has 0 radical (unpaired) electrons. The third-order valence-electron chi connectivity index (χ3n) is 5.30. The molecule has 1 aliphatic rings. The zero-order valence-electron chi connectivity index (χ0n) is 13.7. The van der Waals surface area contributed by atoms with Crippen molar-refractivity contribution in [1.29, 1.82) is 0 Å². The van der Waals surface area contributed by atoms with Gasteiger partial charge >= 0.3 is 0 Å². The summed E-state index contributed by atoms with van der Waals surface area (Å²) < 4.78 is 0. The number of ketones is 1. The number of rotatable bonds is 2. The van der Waals surface area contributed by atoms with E-state index in [0.29, 0.717) is 11.5 Å². The van der Waals surface area contributed by atoms with E-state index in [-0.39, 0.29) is 16.6 Å². The molecule has 116 valence electrons. The summed E-state index contributed by atoms with van der Waals surface area (Å²) in [5, 5.41) is 0. The highest BCUT2D eigenvalue weighted by molar-refractivity contribution is 6.55. The number of carbonyl (C=O) groups excluding carboxylic acids is 1. The van der Waals surface area contributed by atoms with Crippen LogP contribution in [0.3, 0.4) is 0 Å². The van der Waals surface area contributed by atoms with Crippen LogP contribution in [-0.4, -0.2) is 10.6 Å². The predicted molar refractivity (Wildman–Crippen MR) is 90.8 cm³/mol. The first kappa shape index (κ1) is 16.8. The van der Waals surface area contributed by atoms with Crippen LogP contribution in [0.4, 0.5) is 0 Å². The molecule has 0 bridgehead atoms. The summed E-state index contributed by atoms with van der Waals surface area (Å²) in [5.74, 6) is 0.389. The SMILES string of the molecule is Cc1cc2c(cc1C(=O)C(Cl)Cl)C(C)(C)CC(C)C2(C)C. The molecular weight excluding hydrogens is 303 g/mol. The molecule has 0 aliphatic heterocycles. The Bertz CT molecular complexity index is 585. The fraction of sp³-hybridized carbons (Fsp3) is 0.611. The van der Waals surface area contributed by atoms with Crippen LogP contribution in [0.2, 0.25) is 0 Å². The van der Waals surface area contributed by atoms with Gasteiger partial charge in [0.25, 0.3) is 0 Å². The van der Waals surface area contributed by atoms with Gasteiger partial charge in [-0.2, -0.15) is 0 Å². The van der Waals surface area contributed by atoms with E-state index in [1.54, 1.807) is 0 Å². The first-order chi connectivity index (χ1) is 9.48. The second kappa shape index (κ2) is 5.28. The molecule has 3 heteroatoms. The van der Waals surface area contributed by atoms with E-state index in [1.807, 2.05) is 13.0 Å². The lowest BCUT2D eigenvalue weighted by Crippen LogP contribution is -2.40. The van der Waals surface area contributed by atoms with Crippen LogP contribution in [0.15, 0.2) is 12.1 Å². The number of benzene rings is 1. The molecule has 1 aromatic rings. The molecule has 0 N–H and O–H groups in total. The van der Waals surface area contributed by atoms with Gasteiger partial charge in [0.15, 0.2) is 10.6 Å². The van der Waals surface area contributed by atoms with Gasteiger partial charge in [-0.05, 0) is 52.8 Å². The lowest BCUT2D eigenvalue weighted by molar-refractivity contribution is 0.101. The van der Waals surface area contributed by atoms with Crippen LogP contribution in [0.25, 0.3) is 0 Å². The van der Waals surface area contributed by atoms with Crippen molar-refractivity contribution >= 4 is 29.0 Å². The van der Waals surface area contributed by atoms with E-state index in [0.717, 1.165) is 12.0 Å². The van der Waals surface area contributed by atoms with Gasteiger partial charge in [-0.25, -0.2) is 0 Å². The largest absolute Gasteiger partial charge is 0.291 e. The Morgan fingerprint density at radius 1 is 1.19 bits per heavy atom. The molecule has 0 amide bonds. The third-order valence-corrected chi connectivity index (χ3v) is 5.70. The molecule has 2 rings (SSSR count). The molecule has 0 saturated carbocycles. The summed E-state index contributed by atoms with van der Waals surface area (Å²) in [7, 11) is 0. The first-order valence-corrected chi connectivity index (χ1v) is 8.33. The molecule has 21 heavy (non-hydrogen) atoms. The van der Waals surface area contributed by atoms with Gasteiger partial charge in [-0.1, -0.05) is 63.9 Å². The summed E-state index contributed by atoms with van der Waals surface area (Å²) in [6.45, 7) is 13.4. The van der Waals surface area contributed by atoms with E-state index < -0.39 is 4.84 Å². The van der Waals surface area contributed by atoms with Gasteiger partial charge in [-0.15, -0.1) is 0 Å². The van der Waals surface area contributed by atoms with Crippen molar-refractivity contribution in [3.63, 3.8) is 0 Å². The normalized spacial score (nSPS) is 23.0. The maximum absolute atomic E-state index is 12.2. The van der Waals surface area contributed by atoms with Gasteiger partial charge in [0, 0.05) is 5.56 Å². The van der Waals surface area contributed by atoms with Gasteiger partial charge in [0.1, 0.15) is 0 Å². The van der Waals surface area contributed by atoms with Crippen molar-refractivity contribution in [2.24, 2.45) is 5.92 Å². The van der Waals surface area contributed by atoms with Gasteiger partial charge < -0.3 is 0 Å². The molecule has 1 atom stereocenters. The standard InChI is InChI=1S/C18H24Cl2O/c1-10-7-14-13(8-12(10)15(21)16(19)20)17(3,4)9-11(2)18(14,5)6/h7-8,11,16H,9H2,1-6H3. The molecule has 0 fully saturated rings. The number of aryl methyl sites for hydroxylation is 1. The molecule has 1 unspecified atom stereocenters. The Morgan fingerprint density at radius 3 is 2.29 bits per heavy atom. The summed E-state index contributed by atoms with van der Waals surface area (Å²) in [6.07, 6.45) is 1.11. The minimum atomic E-state index is -1.000. The van der Waals surface area contributed by atoms with E-state index in [2.05, 4.69) is 40.7 Å². The van der Waals surface area contributed by atoms with Crippen LogP contribution in [0.1, 0.15) is 68.1 Å². The number of alkyl halides is 2. The minimum Gasteiger partial charge on any atom is -0.291 e. The number of fused-ring (bicyclic) bond motifs is 1. The van der Waals surface area contributed by atoms with Crippen molar-refractivity contribution in [1.82, 2.24) is 0 Å². The van der Waals surface area contributed by atoms with Gasteiger partial charge in [0.05, 0.1) is 0 Å². The lowest BCUT2D eigenvalue weighted by Gasteiger charge is -2.47. The van der Waals surface area contributed by atoms with Crippen molar-refractivity contribution < 1.29 is 4.79 Å². The van der Waals surface area contributed by atoms with E-state index in [4.69, 9.17) is 23.2 Å². The van der Waals surface area contributed by atoms with Crippen LogP contribution in [0, 0.1) is 12.8 Å². The Labute approximate surface area is 138 Å². The Hall–Kier alpha value is -0.530. The van der Waals surface area contributed by atoms with Crippen LogP contribution in [0.5, 0.6) is 0 Å². The summed E-state index contributed by atoms with van der Waals surface area (Å²) >= 11 is 11.6. The number of halogens is 2. The monoisotopic (exact) mass is 326 g/mol. The van der Waals surface area contributed by atoms with Crippen LogP contribution >= 0.6 is 23.2 Å². The van der Waals surface area contributed by atoms with Crippen LogP contribution < -0.4 is 0 Å². The summed E-state index contributed by atoms with van der Waals surface area (Å²) in [6, 6.07) is 4.19. The summed E-state index contributed by atoms with van der Waals surface area (Å²) in [5.41, 5.74) is 4.39. The number of hydrogen-bond acceptors (Lipinski definition) is 1. The highest BCUT2D eigenvalue weighted by Crippen LogP contribution is 2.49. The molecule has 0 aromatic heterocycles. The van der Waals surface area contributed by atoms with Gasteiger partial charge in [0.2, 0.25) is 0 Å². The quantitative estimate of drug-likeness (QED) is 0.512. The van der Waals surface area contributed by atoms with E-state index >= 15 is 0 Å². The fourth-order valence-corrected chi connectivity index (χ4v) is 3.82. The second-order valence-electron chi connectivity index (χ2n) is 7.59. The maximum Gasteiger partial charge on any atom is 0.195 e. The molecule has 0 saturated heterocycles. The Balaban J connectivity index is 2.70. The maximum atomic E-state index is 12.2. The lowest BCUT2D eigenvalue weighted by atomic mass is 9.58. The smallest absolute Gasteiger partial charge is 0.195 e. The first-order valence-electron chi connectivity index (χ1n) is 7.46.